The van der Waals surface area contributed by atoms with Gasteiger partial charge in [-0.05, 0) is 56.5 Å². The summed E-state index contributed by atoms with van der Waals surface area (Å²) in [6.45, 7) is 6.31. The molecule has 0 saturated heterocycles. The second-order valence-corrected chi connectivity index (χ2v) is 9.69. The molecule has 0 aliphatic heterocycles. The van der Waals surface area contributed by atoms with Crippen LogP contribution >= 0.6 is 0 Å². The Labute approximate surface area is 221 Å². The molecule has 0 radical (unpaired) electrons. The van der Waals surface area contributed by atoms with Crippen molar-refractivity contribution >= 4 is 28.5 Å². The van der Waals surface area contributed by atoms with E-state index in [9.17, 15) is 18.4 Å². The van der Waals surface area contributed by atoms with Gasteiger partial charge in [0.1, 0.15) is 6.54 Å². The third-order valence-electron chi connectivity index (χ3n) is 6.53. The van der Waals surface area contributed by atoms with E-state index in [1.807, 2.05) is 55.6 Å². The first kappa shape index (κ1) is 26.9. The van der Waals surface area contributed by atoms with Gasteiger partial charge in [-0.2, -0.15) is 0 Å². The molecule has 38 heavy (non-hydrogen) atoms. The van der Waals surface area contributed by atoms with Crippen molar-refractivity contribution in [2.75, 3.05) is 18.4 Å². The van der Waals surface area contributed by atoms with Gasteiger partial charge in [0.05, 0.1) is 0 Å². The minimum absolute atomic E-state index is 0.114. The molecular formula is C30H32F2N4O2. The topological polar surface area (TPSA) is 68.4 Å². The lowest BCUT2D eigenvalue weighted by Crippen LogP contribution is -2.47. The van der Waals surface area contributed by atoms with Crippen molar-refractivity contribution in [2.24, 2.45) is 0 Å². The number of rotatable bonds is 9. The number of aromatic amines is 1. The molecule has 0 aliphatic carbocycles. The van der Waals surface area contributed by atoms with Crippen LogP contribution in [0.4, 0.5) is 19.3 Å². The van der Waals surface area contributed by atoms with E-state index in [2.05, 4.69) is 16.4 Å². The van der Waals surface area contributed by atoms with Gasteiger partial charge >= 0.3 is 6.03 Å². The smallest absolute Gasteiger partial charge is 0.322 e. The zero-order valence-electron chi connectivity index (χ0n) is 21.8. The molecule has 0 saturated carbocycles. The van der Waals surface area contributed by atoms with E-state index < -0.39 is 17.7 Å². The fourth-order valence-corrected chi connectivity index (χ4v) is 4.30. The summed E-state index contributed by atoms with van der Waals surface area (Å²) >= 11 is 0. The number of carbonyl (C=O) groups is 2. The molecule has 3 amide bonds. The molecule has 0 atom stereocenters. The molecule has 4 rings (SSSR count). The third-order valence-corrected chi connectivity index (χ3v) is 6.53. The number of urea groups is 1. The van der Waals surface area contributed by atoms with Gasteiger partial charge < -0.3 is 20.1 Å². The van der Waals surface area contributed by atoms with Gasteiger partial charge in [-0.3, -0.25) is 4.79 Å². The van der Waals surface area contributed by atoms with Crippen molar-refractivity contribution in [3.05, 3.63) is 101 Å². The van der Waals surface area contributed by atoms with Crippen molar-refractivity contribution in [3.63, 3.8) is 0 Å². The summed E-state index contributed by atoms with van der Waals surface area (Å²) in [5, 5.41) is 3.69. The molecule has 1 heterocycles. The number of hydrogen-bond donors (Lipinski definition) is 2. The molecule has 0 unspecified atom stereocenters. The minimum Gasteiger partial charge on any atom is -0.361 e. The summed E-state index contributed by atoms with van der Waals surface area (Å²) in [6, 6.07) is 18.3. The van der Waals surface area contributed by atoms with Crippen LogP contribution in [-0.2, 0) is 17.8 Å². The number of carbonyl (C=O) groups excluding carboxylic acids is 2. The van der Waals surface area contributed by atoms with E-state index in [4.69, 9.17) is 0 Å². The quantitative estimate of drug-likeness (QED) is 0.274. The van der Waals surface area contributed by atoms with Crippen molar-refractivity contribution in [2.45, 2.75) is 39.8 Å². The van der Waals surface area contributed by atoms with E-state index in [1.54, 1.807) is 18.7 Å². The summed E-state index contributed by atoms with van der Waals surface area (Å²) in [7, 11) is 0. The molecule has 6 nitrogen and oxygen atoms in total. The lowest BCUT2D eigenvalue weighted by atomic mass is 10.1. The number of nitrogens with zero attached hydrogens (tertiary/aromatic N) is 2. The largest absolute Gasteiger partial charge is 0.361 e. The van der Waals surface area contributed by atoms with E-state index in [0.29, 0.717) is 19.5 Å². The summed E-state index contributed by atoms with van der Waals surface area (Å²) in [6.07, 6.45) is 2.61. The SMILES string of the molecule is Cc1ccc(CN(CCc2c[nH]c3ccccc23)C(=O)CN(C(=O)Nc2ccc(F)c(F)c2)C(C)C)cc1. The second kappa shape index (κ2) is 11.9. The molecule has 1 aromatic heterocycles. The molecular weight excluding hydrogens is 486 g/mol. The number of fused-ring (bicyclic) bond motifs is 1. The van der Waals surface area contributed by atoms with Gasteiger partial charge in [-0.1, -0.05) is 48.0 Å². The lowest BCUT2D eigenvalue weighted by Gasteiger charge is -2.30. The van der Waals surface area contributed by atoms with E-state index >= 15 is 0 Å². The van der Waals surface area contributed by atoms with Crippen LogP contribution in [0.1, 0.15) is 30.5 Å². The molecule has 8 heteroatoms. The van der Waals surface area contributed by atoms with Gasteiger partial charge in [0.2, 0.25) is 5.91 Å². The molecule has 4 aromatic rings. The average Bonchev–Trinajstić information content (AvgIpc) is 3.31. The van der Waals surface area contributed by atoms with Gasteiger partial charge in [-0.25, -0.2) is 13.6 Å². The Bertz CT molecular complexity index is 1420. The third kappa shape index (κ3) is 6.56. The second-order valence-electron chi connectivity index (χ2n) is 9.69. The number of halogens is 2. The Balaban J connectivity index is 1.51. The van der Waals surface area contributed by atoms with Crippen LogP contribution in [0.2, 0.25) is 0 Å². The standard InChI is InChI=1S/C30H32F2N4O2/c1-20(2)36(30(38)34-24-12-13-26(31)27(32)16-24)19-29(37)35(18-22-10-8-21(3)9-11-22)15-14-23-17-33-28-7-5-4-6-25(23)28/h4-13,16-17,20,33H,14-15,18-19H2,1-3H3,(H,34,38). The van der Waals surface area contributed by atoms with Crippen LogP contribution < -0.4 is 5.32 Å². The van der Waals surface area contributed by atoms with Crippen molar-refractivity contribution in [3.8, 4) is 0 Å². The van der Waals surface area contributed by atoms with Crippen molar-refractivity contribution in [1.82, 2.24) is 14.8 Å². The minimum atomic E-state index is -1.06. The van der Waals surface area contributed by atoms with E-state index in [1.165, 1.54) is 11.0 Å². The van der Waals surface area contributed by atoms with Crippen LogP contribution in [0, 0.1) is 18.6 Å². The number of para-hydroxylation sites is 1. The van der Waals surface area contributed by atoms with E-state index in [0.717, 1.165) is 39.7 Å². The number of anilines is 1. The molecule has 2 N–H and O–H groups in total. The predicted molar refractivity (Wildman–Crippen MR) is 146 cm³/mol. The number of nitrogens with one attached hydrogen (secondary N) is 2. The maximum absolute atomic E-state index is 13.6. The highest BCUT2D eigenvalue weighted by molar-refractivity contribution is 5.92. The number of amides is 3. The zero-order valence-corrected chi connectivity index (χ0v) is 21.8. The van der Waals surface area contributed by atoms with Gasteiger partial charge in [0, 0.05) is 48.0 Å². The van der Waals surface area contributed by atoms with Gasteiger partial charge in [-0.15, -0.1) is 0 Å². The van der Waals surface area contributed by atoms with E-state index in [-0.39, 0.29) is 24.2 Å². The maximum Gasteiger partial charge on any atom is 0.322 e. The number of H-pyrrole nitrogens is 1. The zero-order chi connectivity index (χ0) is 27.2. The number of hydrogen-bond acceptors (Lipinski definition) is 2. The number of aromatic nitrogens is 1. The van der Waals surface area contributed by atoms with Crippen molar-refractivity contribution in [1.29, 1.82) is 0 Å². The first-order valence-electron chi connectivity index (χ1n) is 12.6. The summed E-state index contributed by atoms with van der Waals surface area (Å²) in [4.78, 5) is 33.0. The maximum atomic E-state index is 13.6. The number of benzene rings is 3. The summed E-state index contributed by atoms with van der Waals surface area (Å²) in [5.74, 6) is -2.27. The summed E-state index contributed by atoms with van der Waals surface area (Å²) < 4.78 is 26.9. The first-order chi connectivity index (χ1) is 18.2. The molecule has 0 spiro atoms. The molecule has 0 aliphatic rings. The number of aryl methyl sites for hydroxylation is 1. The fourth-order valence-electron chi connectivity index (χ4n) is 4.30. The Morgan fingerprint density at radius 1 is 0.974 bits per heavy atom. The Morgan fingerprint density at radius 3 is 2.42 bits per heavy atom. The van der Waals surface area contributed by atoms with Crippen LogP contribution in [0.15, 0.2) is 72.9 Å². The highest BCUT2D eigenvalue weighted by Gasteiger charge is 2.24. The predicted octanol–water partition coefficient (Wildman–Crippen LogP) is 6.27. The first-order valence-corrected chi connectivity index (χ1v) is 12.6. The monoisotopic (exact) mass is 518 g/mol. The molecule has 0 fully saturated rings. The fraction of sp³-hybridized carbons (Fsp3) is 0.267. The average molecular weight is 519 g/mol. The highest BCUT2D eigenvalue weighted by Crippen LogP contribution is 2.20. The lowest BCUT2D eigenvalue weighted by molar-refractivity contribution is -0.132. The normalized spacial score (nSPS) is 11.1. The Morgan fingerprint density at radius 2 is 1.71 bits per heavy atom. The summed E-state index contributed by atoms with van der Waals surface area (Å²) in [5.41, 5.74) is 4.39. The Hall–Kier alpha value is -4.20. The molecule has 198 valence electrons. The molecule has 0 bridgehead atoms. The van der Waals surface area contributed by atoms with Gasteiger partial charge in [0.25, 0.3) is 0 Å². The Kier molecular flexibility index (Phi) is 8.41. The van der Waals surface area contributed by atoms with Crippen molar-refractivity contribution < 1.29 is 18.4 Å². The highest BCUT2D eigenvalue weighted by atomic mass is 19.2. The van der Waals surface area contributed by atoms with Gasteiger partial charge in [0.15, 0.2) is 11.6 Å². The van der Waals surface area contributed by atoms with Crippen LogP contribution in [0.25, 0.3) is 10.9 Å². The van der Waals surface area contributed by atoms with Crippen LogP contribution in [0.5, 0.6) is 0 Å². The molecule has 3 aromatic carbocycles. The van der Waals surface area contributed by atoms with Crippen LogP contribution in [0.3, 0.4) is 0 Å². The van der Waals surface area contributed by atoms with Crippen LogP contribution in [-0.4, -0.2) is 45.9 Å².